The first-order valence-electron chi connectivity index (χ1n) is 12.5. The molecule has 0 spiro atoms. The summed E-state index contributed by atoms with van der Waals surface area (Å²) in [5.41, 5.74) is 6.58. The van der Waals surface area contributed by atoms with Gasteiger partial charge in [-0.15, -0.1) is 0 Å². The summed E-state index contributed by atoms with van der Waals surface area (Å²) in [6.45, 7) is 4.14. The molecule has 2 bridgehead atoms. The lowest BCUT2D eigenvalue weighted by Gasteiger charge is -2.37. The minimum absolute atomic E-state index is 0.0507. The van der Waals surface area contributed by atoms with Gasteiger partial charge in [-0.3, -0.25) is 4.79 Å². The number of nitrogens with zero attached hydrogens (tertiary/aromatic N) is 1. The predicted octanol–water partition coefficient (Wildman–Crippen LogP) is 6.70. The van der Waals surface area contributed by atoms with Crippen molar-refractivity contribution in [2.24, 2.45) is 5.92 Å². The third kappa shape index (κ3) is 3.78. The van der Waals surface area contributed by atoms with Gasteiger partial charge in [0.05, 0.1) is 0 Å². The molecule has 3 aliphatic rings. The molecule has 2 fully saturated rings. The van der Waals surface area contributed by atoms with E-state index in [0.717, 1.165) is 24.0 Å². The van der Waals surface area contributed by atoms with Crippen LogP contribution in [0.2, 0.25) is 0 Å². The molecule has 6 rings (SSSR count). The second-order valence-electron chi connectivity index (χ2n) is 9.96. The van der Waals surface area contributed by atoms with Crippen molar-refractivity contribution < 1.29 is 14.3 Å². The molecule has 4 nitrogen and oxygen atoms in total. The largest absolute Gasteiger partial charge is 0.448 e. The van der Waals surface area contributed by atoms with Gasteiger partial charge in [-0.2, -0.15) is 0 Å². The summed E-state index contributed by atoms with van der Waals surface area (Å²) in [5.74, 6) is 0.184. The summed E-state index contributed by atoms with van der Waals surface area (Å²) < 4.78 is 5.96. The minimum Gasteiger partial charge on any atom is -0.448 e. The molecule has 0 aromatic heterocycles. The molecule has 3 aromatic carbocycles. The van der Waals surface area contributed by atoms with E-state index in [2.05, 4.69) is 43.0 Å². The van der Waals surface area contributed by atoms with Gasteiger partial charge in [-0.25, -0.2) is 4.79 Å². The molecule has 2 saturated heterocycles. The number of benzene rings is 3. The maximum Gasteiger partial charge on any atom is 0.410 e. The van der Waals surface area contributed by atoms with Crippen LogP contribution in [0.1, 0.15) is 58.6 Å². The lowest BCUT2D eigenvalue weighted by atomic mass is 9.84. The van der Waals surface area contributed by atoms with E-state index in [9.17, 15) is 9.59 Å². The summed E-state index contributed by atoms with van der Waals surface area (Å²) in [5, 5.41) is 0. The Morgan fingerprint density at radius 3 is 2.14 bits per heavy atom. The number of hydrogen-bond donors (Lipinski definition) is 0. The van der Waals surface area contributed by atoms with Crippen molar-refractivity contribution in [3.63, 3.8) is 0 Å². The van der Waals surface area contributed by atoms with Gasteiger partial charge in [0.1, 0.15) is 6.61 Å². The van der Waals surface area contributed by atoms with Gasteiger partial charge >= 0.3 is 6.09 Å². The first-order chi connectivity index (χ1) is 17.1. The van der Waals surface area contributed by atoms with Crippen molar-refractivity contribution in [2.45, 2.75) is 43.7 Å². The number of rotatable bonds is 5. The molecule has 2 aliphatic heterocycles. The molecular formula is C31H29NO3. The zero-order valence-corrected chi connectivity index (χ0v) is 19.7. The average Bonchev–Trinajstić information content (AvgIpc) is 3.37. The van der Waals surface area contributed by atoms with E-state index in [-0.39, 0.29) is 35.8 Å². The summed E-state index contributed by atoms with van der Waals surface area (Å²) in [6, 6.07) is 24.6. The average molecular weight is 464 g/mol. The molecular weight excluding hydrogens is 434 g/mol. The molecule has 2 unspecified atom stereocenters. The molecule has 3 aromatic rings. The first-order valence-corrected chi connectivity index (χ1v) is 12.5. The minimum atomic E-state index is -0.237. The van der Waals surface area contributed by atoms with Gasteiger partial charge in [0, 0.05) is 29.5 Å². The molecule has 35 heavy (non-hydrogen) atoms. The molecule has 2 atom stereocenters. The Morgan fingerprint density at radius 2 is 1.51 bits per heavy atom. The van der Waals surface area contributed by atoms with Gasteiger partial charge in [-0.05, 0) is 59.6 Å². The number of carbonyl (C=O) groups is 2. The maximum atomic E-state index is 13.3. The van der Waals surface area contributed by atoms with Crippen LogP contribution in [0, 0.1) is 5.92 Å². The van der Waals surface area contributed by atoms with Crippen LogP contribution in [0.3, 0.4) is 0 Å². The summed E-state index contributed by atoms with van der Waals surface area (Å²) in [4.78, 5) is 28.4. The van der Waals surface area contributed by atoms with Gasteiger partial charge in [0.25, 0.3) is 0 Å². The highest BCUT2D eigenvalue weighted by Crippen LogP contribution is 2.45. The SMILES string of the molecule is C=Cc1cccc(C(=O)C2CC3CCC(C2)N3C(=O)OCC2c3ccccc3-c3ccccc32)c1. The summed E-state index contributed by atoms with van der Waals surface area (Å²) in [7, 11) is 0. The standard InChI is InChI=1S/C31H29NO3/c1-2-20-8-7-9-21(16-20)30(33)22-17-23-14-15-24(18-22)32(23)31(34)35-19-29-27-12-5-3-10-25(27)26-11-4-6-13-28(26)29/h2-13,16,22-24,29H,1,14-15,17-19H2. The fraction of sp³-hybridized carbons (Fsp3) is 0.290. The maximum absolute atomic E-state index is 13.3. The summed E-state index contributed by atoms with van der Waals surface area (Å²) in [6.07, 6.45) is 4.81. The number of Topliss-reactive ketones (excluding diaryl/α,β-unsaturated/α-hetero) is 1. The molecule has 0 radical (unpaired) electrons. The third-order valence-corrected chi connectivity index (χ3v) is 8.06. The fourth-order valence-corrected chi connectivity index (χ4v) is 6.41. The molecule has 1 aliphatic carbocycles. The first kappa shape index (κ1) is 21.8. The number of piperidine rings is 1. The van der Waals surface area contributed by atoms with E-state index in [0.29, 0.717) is 19.4 Å². The predicted molar refractivity (Wildman–Crippen MR) is 137 cm³/mol. The van der Waals surface area contributed by atoms with Crippen LogP contribution in [0.4, 0.5) is 4.79 Å². The van der Waals surface area contributed by atoms with Crippen LogP contribution in [0.5, 0.6) is 0 Å². The van der Waals surface area contributed by atoms with Crippen LogP contribution in [0.15, 0.2) is 79.4 Å². The van der Waals surface area contributed by atoms with Gasteiger partial charge in [0.15, 0.2) is 5.78 Å². The van der Waals surface area contributed by atoms with Gasteiger partial charge in [0.2, 0.25) is 0 Å². The van der Waals surface area contributed by atoms with Crippen LogP contribution >= 0.6 is 0 Å². The van der Waals surface area contributed by atoms with E-state index >= 15 is 0 Å². The van der Waals surface area contributed by atoms with E-state index < -0.39 is 0 Å². The van der Waals surface area contributed by atoms with Crippen molar-refractivity contribution in [3.05, 3.63) is 102 Å². The number of amides is 1. The quantitative estimate of drug-likeness (QED) is 0.395. The van der Waals surface area contributed by atoms with E-state index in [1.807, 2.05) is 41.3 Å². The van der Waals surface area contributed by atoms with Crippen molar-refractivity contribution in [2.75, 3.05) is 6.61 Å². The molecule has 176 valence electrons. The molecule has 4 heteroatoms. The molecule has 0 saturated carbocycles. The highest BCUT2D eigenvalue weighted by Gasteiger charge is 2.46. The highest BCUT2D eigenvalue weighted by atomic mass is 16.6. The Balaban J connectivity index is 1.14. The second kappa shape index (κ2) is 8.84. The Bertz CT molecular complexity index is 1250. The van der Waals surface area contributed by atoms with Crippen LogP contribution in [-0.2, 0) is 4.74 Å². The highest BCUT2D eigenvalue weighted by molar-refractivity contribution is 5.98. The van der Waals surface area contributed by atoms with Crippen LogP contribution < -0.4 is 0 Å². The normalized spacial score (nSPS) is 22.4. The second-order valence-corrected chi connectivity index (χ2v) is 9.96. The summed E-state index contributed by atoms with van der Waals surface area (Å²) >= 11 is 0. The molecule has 1 amide bonds. The van der Waals surface area contributed by atoms with Crippen molar-refractivity contribution >= 4 is 18.0 Å². The van der Waals surface area contributed by atoms with E-state index in [1.54, 1.807) is 6.08 Å². The monoisotopic (exact) mass is 463 g/mol. The number of ether oxygens (including phenoxy) is 1. The Morgan fingerprint density at radius 1 is 0.886 bits per heavy atom. The van der Waals surface area contributed by atoms with E-state index in [1.165, 1.54) is 22.3 Å². The topological polar surface area (TPSA) is 46.6 Å². The lowest BCUT2D eigenvalue weighted by molar-refractivity contribution is 0.0506. The zero-order chi connectivity index (χ0) is 23.9. The van der Waals surface area contributed by atoms with Crippen LogP contribution in [0.25, 0.3) is 17.2 Å². The Hall–Kier alpha value is -3.66. The van der Waals surface area contributed by atoms with Crippen molar-refractivity contribution in [3.8, 4) is 11.1 Å². The van der Waals surface area contributed by atoms with E-state index in [4.69, 9.17) is 4.74 Å². The lowest BCUT2D eigenvalue weighted by Crippen LogP contribution is -2.48. The number of fused-ring (bicyclic) bond motifs is 5. The molecule has 2 heterocycles. The third-order valence-electron chi connectivity index (χ3n) is 8.06. The number of ketones is 1. The van der Waals surface area contributed by atoms with Gasteiger partial charge < -0.3 is 9.64 Å². The number of hydrogen-bond acceptors (Lipinski definition) is 3. The fourth-order valence-electron chi connectivity index (χ4n) is 6.41. The molecule has 0 N–H and O–H groups in total. The Labute approximate surface area is 206 Å². The van der Waals surface area contributed by atoms with Crippen molar-refractivity contribution in [1.82, 2.24) is 4.90 Å². The van der Waals surface area contributed by atoms with Gasteiger partial charge in [-0.1, -0.05) is 79.4 Å². The smallest absolute Gasteiger partial charge is 0.410 e. The van der Waals surface area contributed by atoms with Crippen LogP contribution in [-0.4, -0.2) is 35.5 Å². The number of carbonyl (C=O) groups excluding carboxylic acids is 2. The Kier molecular flexibility index (Phi) is 5.52. The zero-order valence-electron chi connectivity index (χ0n) is 19.7. The van der Waals surface area contributed by atoms with Crippen molar-refractivity contribution in [1.29, 1.82) is 0 Å².